The SMILES string of the molecule is CCC(C)CN(C)C(=O)NC1CCCC1. The summed E-state index contributed by atoms with van der Waals surface area (Å²) in [6, 6.07) is 0.527. The normalized spacial score (nSPS) is 18.9. The Bertz CT molecular complexity index is 200. The third kappa shape index (κ3) is 4.10. The minimum Gasteiger partial charge on any atom is -0.335 e. The maximum absolute atomic E-state index is 11.8. The summed E-state index contributed by atoms with van der Waals surface area (Å²) >= 11 is 0. The Morgan fingerprint density at radius 2 is 2.07 bits per heavy atom. The van der Waals surface area contributed by atoms with E-state index in [1.807, 2.05) is 11.9 Å². The van der Waals surface area contributed by atoms with Gasteiger partial charge >= 0.3 is 6.03 Å². The van der Waals surface area contributed by atoms with Crippen molar-refractivity contribution in [2.45, 2.75) is 52.0 Å². The lowest BCUT2D eigenvalue weighted by atomic mass is 10.1. The number of carbonyl (C=O) groups is 1. The van der Waals surface area contributed by atoms with E-state index in [9.17, 15) is 4.79 Å². The van der Waals surface area contributed by atoms with Crippen molar-refractivity contribution in [3.63, 3.8) is 0 Å². The van der Waals surface area contributed by atoms with Gasteiger partial charge in [-0.1, -0.05) is 33.1 Å². The maximum Gasteiger partial charge on any atom is 0.317 e. The Hall–Kier alpha value is -0.730. The molecule has 0 heterocycles. The number of nitrogens with one attached hydrogen (secondary N) is 1. The molecule has 3 nitrogen and oxygen atoms in total. The zero-order valence-electron chi connectivity index (χ0n) is 10.3. The Kier molecular flexibility index (Phi) is 4.92. The zero-order valence-corrected chi connectivity index (χ0v) is 10.3. The molecule has 0 aliphatic heterocycles. The summed E-state index contributed by atoms with van der Waals surface area (Å²) in [5.74, 6) is 0.587. The average Bonchev–Trinajstić information content (AvgIpc) is 2.70. The molecule has 1 rings (SSSR count). The second-order valence-corrected chi connectivity index (χ2v) is 4.82. The Balaban J connectivity index is 2.25. The van der Waals surface area contributed by atoms with E-state index in [1.54, 1.807) is 0 Å². The molecule has 0 aromatic rings. The molecule has 1 aliphatic rings. The number of nitrogens with zero attached hydrogens (tertiary/aromatic N) is 1. The molecular weight excluding hydrogens is 188 g/mol. The number of hydrogen-bond donors (Lipinski definition) is 1. The second kappa shape index (κ2) is 5.99. The molecule has 0 bridgehead atoms. The summed E-state index contributed by atoms with van der Waals surface area (Å²) in [7, 11) is 1.89. The van der Waals surface area contributed by atoms with Gasteiger partial charge in [0.2, 0.25) is 0 Å². The summed E-state index contributed by atoms with van der Waals surface area (Å²) in [6.45, 7) is 5.20. The molecule has 0 radical (unpaired) electrons. The number of urea groups is 1. The quantitative estimate of drug-likeness (QED) is 0.763. The van der Waals surface area contributed by atoms with Crippen LogP contribution >= 0.6 is 0 Å². The predicted molar refractivity (Wildman–Crippen MR) is 62.9 cm³/mol. The molecule has 1 fully saturated rings. The molecule has 1 atom stereocenters. The molecular formula is C12H24N2O. The van der Waals surface area contributed by atoms with Gasteiger partial charge in [-0.25, -0.2) is 4.79 Å². The van der Waals surface area contributed by atoms with Gasteiger partial charge in [-0.2, -0.15) is 0 Å². The highest BCUT2D eigenvalue weighted by molar-refractivity contribution is 5.74. The number of hydrogen-bond acceptors (Lipinski definition) is 1. The van der Waals surface area contributed by atoms with Crippen molar-refractivity contribution in [3.8, 4) is 0 Å². The Morgan fingerprint density at radius 3 is 2.60 bits per heavy atom. The van der Waals surface area contributed by atoms with Gasteiger partial charge in [-0.05, 0) is 18.8 Å². The van der Waals surface area contributed by atoms with Gasteiger partial charge in [0.05, 0.1) is 0 Å². The third-order valence-electron chi connectivity index (χ3n) is 3.31. The van der Waals surface area contributed by atoms with E-state index in [-0.39, 0.29) is 6.03 Å². The molecule has 3 heteroatoms. The van der Waals surface area contributed by atoms with Crippen molar-refractivity contribution in [1.82, 2.24) is 10.2 Å². The van der Waals surface area contributed by atoms with Crippen LogP contribution in [0.15, 0.2) is 0 Å². The number of rotatable bonds is 4. The molecule has 0 spiro atoms. The van der Waals surface area contributed by atoms with Gasteiger partial charge < -0.3 is 10.2 Å². The molecule has 2 amide bonds. The van der Waals surface area contributed by atoms with Crippen molar-refractivity contribution in [2.75, 3.05) is 13.6 Å². The maximum atomic E-state index is 11.8. The van der Waals surface area contributed by atoms with E-state index in [4.69, 9.17) is 0 Å². The summed E-state index contributed by atoms with van der Waals surface area (Å²) in [6.07, 6.45) is 5.97. The van der Waals surface area contributed by atoms with Crippen LogP contribution in [0.4, 0.5) is 4.79 Å². The largest absolute Gasteiger partial charge is 0.335 e. The van der Waals surface area contributed by atoms with E-state index < -0.39 is 0 Å². The highest BCUT2D eigenvalue weighted by Gasteiger charge is 2.19. The first-order chi connectivity index (χ1) is 7.13. The van der Waals surface area contributed by atoms with Crippen molar-refractivity contribution in [2.24, 2.45) is 5.92 Å². The summed E-state index contributed by atoms with van der Waals surface area (Å²) < 4.78 is 0. The fourth-order valence-electron chi connectivity index (χ4n) is 2.03. The Morgan fingerprint density at radius 1 is 1.47 bits per heavy atom. The number of amides is 2. The molecule has 0 aromatic carbocycles. The van der Waals surface area contributed by atoms with E-state index in [1.165, 1.54) is 12.8 Å². The zero-order chi connectivity index (χ0) is 11.3. The molecule has 1 saturated carbocycles. The van der Waals surface area contributed by atoms with Crippen molar-refractivity contribution in [3.05, 3.63) is 0 Å². The van der Waals surface area contributed by atoms with E-state index in [0.29, 0.717) is 12.0 Å². The summed E-state index contributed by atoms with van der Waals surface area (Å²) in [5, 5.41) is 3.10. The van der Waals surface area contributed by atoms with Crippen LogP contribution in [0.5, 0.6) is 0 Å². The molecule has 0 aromatic heterocycles. The standard InChI is InChI=1S/C12H24N2O/c1-4-10(2)9-14(3)12(15)13-11-7-5-6-8-11/h10-11H,4-9H2,1-3H3,(H,13,15). The molecule has 88 valence electrons. The second-order valence-electron chi connectivity index (χ2n) is 4.82. The average molecular weight is 212 g/mol. The summed E-state index contributed by atoms with van der Waals surface area (Å²) in [5.41, 5.74) is 0. The third-order valence-corrected chi connectivity index (χ3v) is 3.31. The lowest BCUT2D eigenvalue weighted by Crippen LogP contribution is -2.43. The minimum atomic E-state index is 0.0993. The Labute approximate surface area is 93.2 Å². The first-order valence-corrected chi connectivity index (χ1v) is 6.15. The van der Waals surface area contributed by atoms with Gasteiger partial charge in [0.15, 0.2) is 0 Å². The van der Waals surface area contributed by atoms with Crippen LogP contribution in [-0.4, -0.2) is 30.6 Å². The van der Waals surface area contributed by atoms with Crippen LogP contribution in [0.25, 0.3) is 0 Å². The van der Waals surface area contributed by atoms with Gasteiger partial charge in [0.25, 0.3) is 0 Å². The van der Waals surface area contributed by atoms with Crippen LogP contribution < -0.4 is 5.32 Å². The van der Waals surface area contributed by atoms with Crippen molar-refractivity contribution in [1.29, 1.82) is 0 Å². The molecule has 15 heavy (non-hydrogen) atoms. The first-order valence-electron chi connectivity index (χ1n) is 6.15. The molecule has 1 unspecified atom stereocenters. The highest BCUT2D eigenvalue weighted by atomic mass is 16.2. The lowest BCUT2D eigenvalue weighted by Gasteiger charge is -2.23. The van der Waals surface area contributed by atoms with Crippen LogP contribution in [-0.2, 0) is 0 Å². The topological polar surface area (TPSA) is 32.3 Å². The number of carbonyl (C=O) groups excluding carboxylic acids is 1. The minimum absolute atomic E-state index is 0.0993. The monoisotopic (exact) mass is 212 g/mol. The predicted octanol–water partition coefficient (Wildman–Crippen LogP) is 2.62. The molecule has 0 saturated heterocycles. The van der Waals surface area contributed by atoms with Gasteiger partial charge in [-0.15, -0.1) is 0 Å². The van der Waals surface area contributed by atoms with Gasteiger partial charge in [0.1, 0.15) is 0 Å². The fourth-order valence-corrected chi connectivity index (χ4v) is 2.03. The molecule has 1 aliphatic carbocycles. The van der Waals surface area contributed by atoms with E-state index >= 15 is 0 Å². The first kappa shape index (κ1) is 12.3. The van der Waals surface area contributed by atoms with Crippen LogP contribution in [0, 0.1) is 5.92 Å². The van der Waals surface area contributed by atoms with Crippen molar-refractivity contribution < 1.29 is 4.79 Å². The van der Waals surface area contributed by atoms with E-state index in [2.05, 4.69) is 19.2 Å². The highest BCUT2D eigenvalue weighted by Crippen LogP contribution is 2.17. The smallest absolute Gasteiger partial charge is 0.317 e. The van der Waals surface area contributed by atoms with Crippen LogP contribution in [0.2, 0.25) is 0 Å². The molecule has 1 N–H and O–H groups in total. The van der Waals surface area contributed by atoms with Crippen LogP contribution in [0.3, 0.4) is 0 Å². The summed E-state index contributed by atoms with van der Waals surface area (Å²) in [4.78, 5) is 13.6. The van der Waals surface area contributed by atoms with Crippen molar-refractivity contribution >= 4 is 6.03 Å². The van der Waals surface area contributed by atoms with Gasteiger partial charge in [0, 0.05) is 19.6 Å². The van der Waals surface area contributed by atoms with Crippen LogP contribution in [0.1, 0.15) is 46.0 Å². The van der Waals surface area contributed by atoms with Gasteiger partial charge in [-0.3, -0.25) is 0 Å². The van der Waals surface area contributed by atoms with E-state index in [0.717, 1.165) is 25.8 Å². The fraction of sp³-hybridized carbons (Fsp3) is 0.917. The lowest BCUT2D eigenvalue weighted by molar-refractivity contribution is 0.197.